The van der Waals surface area contributed by atoms with Gasteiger partial charge in [0.1, 0.15) is 5.82 Å². The number of sulfonamides is 1. The van der Waals surface area contributed by atoms with Crippen LogP contribution < -0.4 is 5.32 Å². The third-order valence-electron chi connectivity index (χ3n) is 7.24. The number of hydrogen-bond donors (Lipinski definition) is 1. The number of halogens is 1. The third kappa shape index (κ3) is 4.85. The van der Waals surface area contributed by atoms with Crippen LogP contribution in [-0.2, 0) is 15.4 Å². The van der Waals surface area contributed by atoms with Crippen LogP contribution in [0.15, 0.2) is 40.9 Å². The molecule has 0 unspecified atom stereocenters. The summed E-state index contributed by atoms with van der Waals surface area (Å²) in [5, 5.41) is 7.23. The molecule has 1 aromatic heterocycles. The fourth-order valence-electron chi connectivity index (χ4n) is 5.18. The highest BCUT2D eigenvalue weighted by Gasteiger charge is 2.51. The first-order chi connectivity index (χ1) is 17.6. The number of hydrogen-bond acceptors (Lipinski definition) is 6. The zero-order valence-corrected chi connectivity index (χ0v) is 21.9. The predicted octanol–water partition coefficient (Wildman–Crippen LogP) is 4.07. The quantitative estimate of drug-likeness (QED) is 0.518. The highest BCUT2D eigenvalue weighted by atomic mass is 32.2. The maximum absolute atomic E-state index is 13.3. The fourth-order valence-corrected chi connectivity index (χ4v) is 6.27. The van der Waals surface area contributed by atoms with Crippen molar-refractivity contribution >= 4 is 21.7 Å². The van der Waals surface area contributed by atoms with Crippen LogP contribution in [0.3, 0.4) is 0 Å². The van der Waals surface area contributed by atoms with Crippen molar-refractivity contribution < 1.29 is 22.1 Å². The van der Waals surface area contributed by atoms with Gasteiger partial charge in [0.2, 0.25) is 10.0 Å². The highest BCUT2D eigenvalue weighted by molar-refractivity contribution is 7.89. The van der Waals surface area contributed by atoms with Gasteiger partial charge in [-0.05, 0) is 86.7 Å². The largest absolute Gasteiger partial charge is 0.334 e. The molecule has 1 saturated heterocycles. The average Bonchev–Trinajstić information content (AvgIpc) is 3.50. The molecule has 0 spiro atoms. The van der Waals surface area contributed by atoms with Crippen molar-refractivity contribution in [2.75, 3.05) is 37.2 Å². The van der Waals surface area contributed by atoms with E-state index >= 15 is 0 Å². The van der Waals surface area contributed by atoms with Crippen LogP contribution in [0.5, 0.6) is 0 Å². The molecule has 196 valence electrons. The number of benzene rings is 2. The molecule has 2 fully saturated rings. The summed E-state index contributed by atoms with van der Waals surface area (Å²) < 4.78 is 44.4. The lowest BCUT2D eigenvalue weighted by Gasteiger charge is -2.33. The summed E-state index contributed by atoms with van der Waals surface area (Å²) in [6.07, 6.45) is 1.77. The van der Waals surface area contributed by atoms with E-state index in [1.807, 2.05) is 26.0 Å². The zero-order chi connectivity index (χ0) is 26.4. The minimum Gasteiger partial charge on any atom is -0.334 e. The molecule has 2 amide bonds. The van der Waals surface area contributed by atoms with Gasteiger partial charge in [-0.2, -0.15) is 9.29 Å². The van der Waals surface area contributed by atoms with Crippen LogP contribution >= 0.6 is 0 Å². The Morgan fingerprint density at radius 1 is 1.08 bits per heavy atom. The van der Waals surface area contributed by atoms with E-state index in [4.69, 9.17) is 4.52 Å². The van der Waals surface area contributed by atoms with Gasteiger partial charge in [0, 0.05) is 37.4 Å². The molecule has 2 aliphatic rings. The van der Waals surface area contributed by atoms with Crippen molar-refractivity contribution in [3.63, 3.8) is 0 Å². The maximum Gasteiger partial charge on any atom is 0.321 e. The molecular formula is C26H30FN5O4S. The van der Waals surface area contributed by atoms with Crippen LogP contribution in [0.4, 0.5) is 14.9 Å². The van der Waals surface area contributed by atoms with Gasteiger partial charge in [-0.25, -0.2) is 17.6 Å². The van der Waals surface area contributed by atoms with E-state index in [0.717, 1.165) is 29.5 Å². The molecule has 0 radical (unpaired) electrons. The SMILES string of the molecule is CCS(=O)(=O)N1CCN(C(=O)Nc2cc(C)c(C3(c4noc(-c5ccc(F)cc5)n4)CC3)c(C)c2)CC1. The van der Waals surface area contributed by atoms with E-state index in [0.29, 0.717) is 49.1 Å². The van der Waals surface area contributed by atoms with Crippen molar-refractivity contribution in [2.24, 2.45) is 0 Å². The Labute approximate surface area is 215 Å². The Bertz CT molecular complexity index is 1400. The predicted molar refractivity (Wildman–Crippen MR) is 137 cm³/mol. The van der Waals surface area contributed by atoms with E-state index in [2.05, 4.69) is 15.5 Å². The van der Waals surface area contributed by atoms with Gasteiger partial charge in [0.15, 0.2) is 5.82 Å². The number of aryl methyl sites for hydroxylation is 2. The van der Waals surface area contributed by atoms with Gasteiger partial charge in [0.05, 0.1) is 11.2 Å². The number of piperazine rings is 1. The topological polar surface area (TPSA) is 109 Å². The molecule has 1 aliphatic heterocycles. The Balaban J connectivity index is 1.31. The first-order valence-electron chi connectivity index (χ1n) is 12.4. The third-order valence-corrected chi connectivity index (χ3v) is 9.12. The Kier molecular flexibility index (Phi) is 6.53. The van der Waals surface area contributed by atoms with Gasteiger partial charge in [-0.3, -0.25) is 0 Å². The number of amides is 2. The summed E-state index contributed by atoms with van der Waals surface area (Å²) in [4.78, 5) is 19.2. The van der Waals surface area contributed by atoms with E-state index in [1.54, 1.807) is 24.0 Å². The van der Waals surface area contributed by atoms with Crippen molar-refractivity contribution in [1.29, 1.82) is 0 Å². The average molecular weight is 528 g/mol. The van der Waals surface area contributed by atoms with Gasteiger partial charge in [0.25, 0.3) is 5.89 Å². The molecule has 0 atom stereocenters. The number of rotatable bonds is 6. The number of anilines is 1. The summed E-state index contributed by atoms with van der Waals surface area (Å²) in [7, 11) is -3.25. The normalized spacial score (nSPS) is 17.6. The molecule has 5 rings (SSSR count). The van der Waals surface area contributed by atoms with Crippen LogP contribution in [-0.4, -0.2) is 65.7 Å². The Morgan fingerprint density at radius 3 is 2.27 bits per heavy atom. The van der Waals surface area contributed by atoms with Crippen molar-refractivity contribution in [2.45, 2.75) is 39.0 Å². The molecule has 1 N–H and O–H groups in total. The summed E-state index contributed by atoms with van der Waals surface area (Å²) >= 11 is 0. The molecule has 2 heterocycles. The monoisotopic (exact) mass is 527 g/mol. The van der Waals surface area contributed by atoms with Gasteiger partial charge < -0.3 is 14.7 Å². The lowest BCUT2D eigenvalue weighted by molar-refractivity contribution is 0.184. The number of carbonyl (C=O) groups is 1. The van der Waals surface area contributed by atoms with E-state index < -0.39 is 10.0 Å². The van der Waals surface area contributed by atoms with Gasteiger partial charge in [-0.15, -0.1) is 0 Å². The van der Waals surface area contributed by atoms with Crippen molar-refractivity contribution in [1.82, 2.24) is 19.3 Å². The Morgan fingerprint density at radius 2 is 1.70 bits per heavy atom. The number of nitrogens with zero attached hydrogens (tertiary/aromatic N) is 4. The number of aromatic nitrogens is 2. The fraction of sp³-hybridized carbons (Fsp3) is 0.423. The summed E-state index contributed by atoms with van der Waals surface area (Å²) in [5.74, 6) is 0.692. The molecule has 9 nitrogen and oxygen atoms in total. The van der Waals surface area contributed by atoms with Crippen LogP contribution in [0.25, 0.3) is 11.5 Å². The minimum atomic E-state index is -3.25. The minimum absolute atomic E-state index is 0.0585. The van der Waals surface area contributed by atoms with Crippen LogP contribution in [0.2, 0.25) is 0 Å². The molecule has 1 aliphatic carbocycles. The molecule has 2 aromatic carbocycles. The lowest BCUT2D eigenvalue weighted by Crippen LogP contribution is -2.51. The maximum atomic E-state index is 13.3. The smallest absolute Gasteiger partial charge is 0.321 e. The second kappa shape index (κ2) is 9.53. The van der Waals surface area contributed by atoms with E-state index in [9.17, 15) is 17.6 Å². The molecule has 11 heteroatoms. The molecule has 1 saturated carbocycles. The molecule has 3 aromatic rings. The van der Waals surface area contributed by atoms with E-state index in [-0.39, 0.29) is 23.0 Å². The van der Waals surface area contributed by atoms with Crippen molar-refractivity contribution in [3.8, 4) is 11.5 Å². The van der Waals surface area contributed by atoms with Crippen LogP contribution in [0, 0.1) is 19.7 Å². The molecular weight excluding hydrogens is 497 g/mol. The van der Waals surface area contributed by atoms with Crippen LogP contribution in [0.1, 0.15) is 42.3 Å². The number of carbonyl (C=O) groups excluding carboxylic acids is 1. The standard InChI is InChI=1S/C26H30FN5O4S/c1-4-37(34,35)32-13-11-31(12-14-32)25(33)28-21-15-17(2)22(18(3)16-21)26(9-10-26)24-29-23(36-30-24)19-5-7-20(27)8-6-19/h5-8,15-16H,4,9-14H2,1-3H3,(H,28,33). The highest BCUT2D eigenvalue weighted by Crippen LogP contribution is 2.54. The second-order valence-corrected chi connectivity index (χ2v) is 12.0. The first kappa shape index (κ1) is 25.3. The first-order valence-corrected chi connectivity index (χ1v) is 14.0. The second-order valence-electron chi connectivity index (χ2n) is 9.71. The molecule has 0 bridgehead atoms. The lowest BCUT2D eigenvalue weighted by atomic mass is 9.87. The Hall–Kier alpha value is -3.31. The van der Waals surface area contributed by atoms with E-state index in [1.165, 1.54) is 16.4 Å². The van der Waals surface area contributed by atoms with Gasteiger partial charge >= 0.3 is 6.03 Å². The number of nitrogens with one attached hydrogen (secondary N) is 1. The summed E-state index contributed by atoms with van der Waals surface area (Å²) in [6, 6.07) is 9.59. The summed E-state index contributed by atoms with van der Waals surface area (Å²) in [5.41, 5.74) is 4.15. The van der Waals surface area contributed by atoms with Crippen molar-refractivity contribution in [3.05, 3.63) is 64.7 Å². The zero-order valence-electron chi connectivity index (χ0n) is 21.1. The molecule has 37 heavy (non-hydrogen) atoms. The summed E-state index contributed by atoms with van der Waals surface area (Å²) in [6.45, 7) is 6.93. The van der Waals surface area contributed by atoms with Gasteiger partial charge in [-0.1, -0.05) is 5.16 Å². The number of urea groups is 1.